The zero-order chi connectivity index (χ0) is 16.2. The zero-order valence-electron chi connectivity index (χ0n) is 12.3. The smallest absolute Gasteiger partial charge is 0.252 e. The van der Waals surface area contributed by atoms with Gasteiger partial charge in [0.1, 0.15) is 4.21 Å². The van der Waals surface area contributed by atoms with Crippen LogP contribution >= 0.6 is 11.3 Å². The fourth-order valence-electron chi connectivity index (χ4n) is 2.22. The third kappa shape index (κ3) is 4.05. The molecule has 1 aliphatic rings. The molecule has 1 fully saturated rings. The highest BCUT2D eigenvalue weighted by Crippen LogP contribution is 2.22. The molecule has 1 aliphatic heterocycles. The van der Waals surface area contributed by atoms with E-state index in [-0.39, 0.29) is 18.2 Å². The summed E-state index contributed by atoms with van der Waals surface area (Å²) in [6, 6.07) is 3.30. The van der Waals surface area contributed by atoms with Gasteiger partial charge >= 0.3 is 0 Å². The molecule has 0 spiro atoms. The van der Waals surface area contributed by atoms with Gasteiger partial charge in [0, 0.05) is 46.1 Å². The summed E-state index contributed by atoms with van der Waals surface area (Å²) in [4.78, 5) is 24.4. The summed E-state index contributed by atoms with van der Waals surface area (Å²) < 4.78 is 26.5. The number of carbonyl (C=O) groups is 2. The summed E-state index contributed by atoms with van der Waals surface area (Å²) in [7, 11) is -3.44. The largest absolute Gasteiger partial charge is 0.356 e. The molecule has 1 saturated heterocycles. The Balaban J connectivity index is 1.85. The molecule has 0 unspecified atom stereocenters. The van der Waals surface area contributed by atoms with Crippen LogP contribution in [-0.4, -0.2) is 62.2 Å². The number of thiophene rings is 1. The van der Waals surface area contributed by atoms with Crippen molar-refractivity contribution in [2.75, 3.05) is 32.7 Å². The highest BCUT2D eigenvalue weighted by molar-refractivity contribution is 7.91. The van der Waals surface area contributed by atoms with E-state index >= 15 is 0 Å². The minimum Gasteiger partial charge on any atom is -0.356 e. The molecule has 22 heavy (non-hydrogen) atoms. The molecule has 122 valence electrons. The van der Waals surface area contributed by atoms with E-state index in [1.165, 1.54) is 22.6 Å². The van der Waals surface area contributed by atoms with Crippen molar-refractivity contribution < 1.29 is 18.0 Å². The second-order valence-corrected chi connectivity index (χ2v) is 8.06. The Labute approximate surface area is 134 Å². The lowest BCUT2D eigenvalue weighted by molar-refractivity contribution is -0.132. The second kappa shape index (κ2) is 7.21. The number of nitrogens with one attached hydrogen (secondary N) is 1. The third-order valence-corrected chi connectivity index (χ3v) is 6.67. The minimum atomic E-state index is -3.44. The first-order valence-electron chi connectivity index (χ1n) is 6.97. The topological polar surface area (TPSA) is 86.8 Å². The van der Waals surface area contributed by atoms with Crippen molar-refractivity contribution in [3.8, 4) is 0 Å². The predicted molar refractivity (Wildman–Crippen MR) is 83.0 cm³/mol. The van der Waals surface area contributed by atoms with Gasteiger partial charge in [0.05, 0.1) is 0 Å². The molecule has 0 aromatic carbocycles. The number of hydrogen-bond donors (Lipinski definition) is 1. The van der Waals surface area contributed by atoms with E-state index in [4.69, 9.17) is 0 Å². The molecule has 1 N–H and O–H groups in total. The molecule has 2 amide bonds. The number of piperazine rings is 1. The number of amides is 2. The molecule has 2 rings (SSSR count). The Morgan fingerprint density at radius 3 is 2.50 bits per heavy atom. The minimum absolute atomic E-state index is 0.0677. The van der Waals surface area contributed by atoms with Crippen LogP contribution in [0.3, 0.4) is 0 Å². The second-order valence-electron chi connectivity index (χ2n) is 4.95. The molecule has 7 nitrogen and oxygen atoms in total. The molecule has 0 bridgehead atoms. The molecule has 0 atom stereocenters. The fourth-order valence-corrected chi connectivity index (χ4v) is 4.79. The zero-order valence-corrected chi connectivity index (χ0v) is 14.0. The molecular formula is C13H19N3O4S2. The van der Waals surface area contributed by atoms with Gasteiger partial charge in [-0.05, 0) is 11.4 Å². The van der Waals surface area contributed by atoms with E-state index in [1.54, 1.807) is 22.4 Å². The Morgan fingerprint density at radius 2 is 1.95 bits per heavy atom. The summed E-state index contributed by atoms with van der Waals surface area (Å²) in [6.45, 7) is 3.06. The van der Waals surface area contributed by atoms with Crippen molar-refractivity contribution in [2.45, 2.75) is 17.6 Å². The maximum absolute atomic E-state index is 12.4. The van der Waals surface area contributed by atoms with Gasteiger partial charge in [0.25, 0.3) is 10.0 Å². The lowest BCUT2D eigenvalue weighted by Gasteiger charge is -2.33. The van der Waals surface area contributed by atoms with Crippen LogP contribution in [0.15, 0.2) is 21.7 Å². The number of rotatable bonds is 5. The van der Waals surface area contributed by atoms with E-state index in [0.717, 1.165) is 0 Å². The molecule has 1 aromatic rings. The predicted octanol–water partition coefficient (Wildman–Crippen LogP) is 0.107. The maximum atomic E-state index is 12.4. The summed E-state index contributed by atoms with van der Waals surface area (Å²) in [5, 5.41) is 4.31. The average Bonchev–Trinajstić information content (AvgIpc) is 3.02. The van der Waals surface area contributed by atoms with E-state index < -0.39 is 10.0 Å². The first kappa shape index (κ1) is 16.9. The van der Waals surface area contributed by atoms with Gasteiger partial charge in [0.2, 0.25) is 11.8 Å². The summed E-state index contributed by atoms with van der Waals surface area (Å²) in [5.74, 6) is -0.235. The van der Waals surface area contributed by atoms with Crippen LogP contribution in [0.25, 0.3) is 0 Å². The molecule has 0 saturated carbocycles. The van der Waals surface area contributed by atoms with Crippen LogP contribution in [0.2, 0.25) is 0 Å². The molecule has 1 aromatic heterocycles. The van der Waals surface area contributed by atoms with Crippen molar-refractivity contribution in [2.24, 2.45) is 0 Å². The first-order valence-corrected chi connectivity index (χ1v) is 9.29. The third-order valence-electron chi connectivity index (χ3n) is 3.39. The molecule has 0 radical (unpaired) electrons. The molecule has 9 heteroatoms. The highest BCUT2D eigenvalue weighted by atomic mass is 32.2. The van der Waals surface area contributed by atoms with Gasteiger partial charge < -0.3 is 10.2 Å². The highest BCUT2D eigenvalue weighted by Gasteiger charge is 2.30. The van der Waals surface area contributed by atoms with E-state index in [0.29, 0.717) is 36.9 Å². The van der Waals surface area contributed by atoms with E-state index in [2.05, 4.69) is 5.32 Å². The SMILES string of the molecule is CC(=O)NCCC(=O)N1CCN(S(=O)(=O)c2cccs2)CC1. The number of sulfonamides is 1. The Morgan fingerprint density at radius 1 is 1.27 bits per heavy atom. The number of carbonyl (C=O) groups excluding carboxylic acids is 2. The van der Waals surface area contributed by atoms with Crippen LogP contribution in [0.1, 0.15) is 13.3 Å². The van der Waals surface area contributed by atoms with Crippen LogP contribution in [0.5, 0.6) is 0 Å². The van der Waals surface area contributed by atoms with Gasteiger partial charge in [-0.3, -0.25) is 9.59 Å². The lowest BCUT2D eigenvalue weighted by atomic mass is 10.3. The van der Waals surface area contributed by atoms with Gasteiger partial charge in [-0.25, -0.2) is 8.42 Å². The van der Waals surface area contributed by atoms with E-state index in [9.17, 15) is 18.0 Å². The van der Waals surface area contributed by atoms with Gasteiger partial charge in [-0.1, -0.05) is 6.07 Å². The normalized spacial score (nSPS) is 16.5. The van der Waals surface area contributed by atoms with Gasteiger partial charge in [-0.2, -0.15) is 4.31 Å². The molecular weight excluding hydrogens is 326 g/mol. The summed E-state index contributed by atoms with van der Waals surface area (Å²) in [6.07, 6.45) is 0.233. The summed E-state index contributed by atoms with van der Waals surface area (Å²) in [5.41, 5.74) is 0. The monoisotopic (exact) mass is 345 g/mol. The first-order chi connectivity index (χ1) is 10.4. The van der Waals surface area contributed by atoms with Crippen LogP contribution in [0.4, 0.5) is 0 Å². The molecule has 0 aliphatic carbocycles. The quantitative estimate of drug-likeness (QED) is 0.820. The fraction of sp³-hybridized carbons (Fsp3) is 0.538. The summed E-state index contributed by atoms with van der Waals surface area (Å²) >= 11 is 1.19. The Hall–Kier alpha value is -1.45. The van der Waals surface area contributed by atoms with E-state index in [1.807, 2.05) is 0 Å². The molecule has 2 heterocycles. The lowest BCUT2D eigenvalue weighted by Crippen LogP contribution is -2.50. The van der Waals surface area contributed by atoms with Crippen molar-refractivity contribution >= 4 is 33.2 Å². The number of nitrogens with zero attached hydrogens (tertiary/aromatic N) is 2. The average molecular weight is 345 g/mol. The van der Waals surface area contributed by atoms with Crippen molar-refractivity contribution in [3.05, 3.63) is 17.5 Å². The standard InChI is InChI=1S/C13H19N3O4S2/c1-11(17)14-5-4-12(18)15-6-8-16(9-7-15)22(19,20)13-3-2-10-21-13/h2-3,10H,4-9H2,1H3,(H,14,17). The van der Waals surface area contributed by atoms with Crippen LogP contribution in [0, 0.1) is 0 Å². The van der Waals surface area contributed by atoms with Crippen molar-refractivity contribution in [1.82, 2.24) is 14.5 Å². The van der Waals surface area contributed by atoms with Gasteiger partial charge in [-0.15, -0.1) is 11.3 Å². The van der Waals surface area contributed by atoms with Gasteiger partial charge in [0.15, 0.2) is 0 Å². The number of hydrogen-bond acceptors (Lipinski definition) is 5. The Bertz CT molecular complexity index is 620. The van der Waals surface area contributed by atoms with Crippen LogP contribution in [-0.2, 0) is 19.6 Å². The maximum Gasteiger partial charge on any atom is 0.252 e. The van der Waals surface area contributed by atoms with Crippen molar-refractivity contribution in [1.29, 1.82) is 0 Å². The Kier molecular flexibility index (Phi) is 5.54. The van der Waals surface area contributed by atoms with Crippen LogP contribution < -0.4 is 5.32 Å². The van der Waals surface area contributed by atoms with Crippen molar-refractivity contribution in [3.63, 3.8) is 0 Å².